The third-order valence-corrected chi connectivity index (χ3v) is 6.07. The molecule has 0 aliphatic carbocycles. The summed E-state index contributed by atoms with van der Waals surface area (Å²) < 4.78 is 32.8. The van der Waals surface area contributed by atoms with Gasteiger partial charge in [-0.3, -0.25) is 9.78 Å². The molecule has 0 fully saturated rings. The summed E-state index contributed by atoms with van der Waals surface area (Å²) >= 11 is 0. The van der Waals surface area contributed by atoms with Gasteiger partial charge in [-0.15, -0.1) is 0 Å². The summed E-state index contributed by atoms with van der Waals surface area (Å²) in [5.74, 6) is -0.0998. The van der Waals surface area contributed by atoms with Gasteiger partial charge in [-0.25, -0.2) is 8.42 Å². The van der Waals surface area contributed by atoms with Gasteiger partial charge in [0.15, 0.2) is 0 Å². The Morgan fingerprint density at radius 1 is 1.15 bits per heavy atom. The molecule has 1 aromatic carbocycles. The Kier molecular flexibility index (Phi) is 6.92. The van der Waals surface area contributed by atoms with Crippen LogP contribution in [-0.4, -0.2) is 43.3 Å². The molecule has 0 aliphatic heterocycles. The quantitative estimate of drug-likeness (QED) is 0.747. The molecular weight excluding hydrogens is 366 g/mol. The number of rotatable bonds is 8. The van der Waals surface area contributed by atoms with Gasteiger partial charge in [-0.05, 0) is 44.2 Å². The molecule has 7 nitrogen and oxygen atoms in total. The lowest BCUT2D eigenvalue weighted by atomic mass is 10.2. The number of ether oxygens (including phenoxy) is 1. The van der Waals surface area contributed by atoms with E-state index >= 15 is 0 Å². The molecule has 1 amide bonds. The Hall–Kier alpha value is -2.45. The molecule has 0 bridgehead atoms. The molecule has 0 atom stereocenters. The van der Waals surface area contributed by atoms with Gasteiger partial charge < -0.3 is 10.1 Å². The van der Waals surface area contributed by atoms with Crippen LogP contribution in [0.15, 0.2) is 41.4 Å². The van der Waals surface area contributed by atoms with Crippen LogP contribution in [0.5, 0.6) is 5.75 Å². The van der Waals surface area contributed by atoms with Crippen molar-refractivity contribution in [1.82, 2.24) is 9.29 Å². The SMILES string of the molecule is CCOc1ccc(NC(=O)c2ccc(C)nc2)cc1S(=O)(=O)N(CC)CC. The first-order chi connectivity index (χ1) is 12.8. The highest BCUT2D eigenvalue weighted by atomic mass is 32.2. The molecule has 2 rings (SSSR count). The Morgan fingerprint density at radius 2 is 1.85 bits per heavy atom. The van der Waals surface area contributed by atoms with Crippen LogP contribution in [0, 0.1) is 6.92 Å². The number of anilines is 1. The summed E-state index contributed by atoms with van der Waals surface area (Å²) in [6.07, 6.45) is 1.48. The first-order valence-electron chi connectivity index (χ1n) is 8.84. The highest BCUT2D eigenvalue weighted by Gasteiger charge is 2.26. The molecule has 0 unspecified atom stereocenters. The molecule has 1 aromatic heterocycles. The molecule has 1 heterocycles. The molecule has 0 spiro atoms. The number of aromatic nitrogens is 1. The van der Waals surface area contributed by atoms with Crippen LogP contribution in [0.1, 0.15) is 36.8 Å². The van der Waals surface area contributed by atoms with E-state index in [-0.39, 0.29) is 16.6 Å². The fourth-order valence-corrected chi connectivity index (χ4v) is 4.19. The second kappa shape index (κ2) is 8.96. The summed E-state index contributed by atoms with van der Waals surface area (Å²) in [4.78, 5) is 16.5. The van der Waals surface area contributed by atoms with Crippen LogP contribution >= 0.6 is 0 Å². The van der Waals surface area contributed by atoms with E-state index < -0.39 is 10.0 Å². The number of pyridine rings is 1. The van der Waals surface area contributed by atoms with Gasteiger partial charge in [0.05, 0.1) is 12.2 Å². The Labute approximate surface area is 160 Å². The third-order valence-electron chi connectivity index (χ3n) is 4.00. The van der Waals surface area contributed by atoms with Crippen LogP contribution in [-0.2, 0) is 10.0 Å². The fraction of sp³-hybridized carbons (Fsp3) is 0.368. The van der Waals surface area contributed by atoms with Crippen LogP contribution in [0.3, 0.4) is 0 Å². The second-order valence-corrected chi connectivity index (χ2v) is 7.73. The largest absolute Gasteiger partial charge is 0.492 e. The first kappa shape index (κ1) is 20.9. The summed E-state index contributed by atoms with van der Waals surface area (Å²) in [5.41, 5.74) is 1.57. The maximum atomic E-state index is 13.0. The highest BCUT2D eigenvalue weighted by Crippen LogP contribution is 2.30. The standard InChI is InChI=1S/C19H25N3O4S/c1-5-22(6-2)27(24,25)18-12-16(10-11-17(18)26-7-3)21-19(23)15-9-8-14(4)20-13-15/h8-13H,5-7H2,1-4H3,(H,21,23). The van der Waals surface area contributed by atoms with Gasteiger partial charge in [0, 0.05) is 30.7 Å². The van der Waals surface area contributed by atoms with E-state index in [1.165, 1.54) is 16.6 Å². The van der Waals surface area contributed by atoms with Gasteiger partial charge in [-0.1, -0.05) is 13.8 Å². The Balaban J connectivity index is 2.39. The molecule has 0 radical (unpaired) electrons. The monoisotopic (exact) mass is 391 g/mol. The molecule has 146 valence electrons. The molecule has 2 aromatic rings. The number of hydrogen-bond donors (Lipinski definition) is 1. The van der Waals surface area contributed by atoms with E-state index in [1.54, 1.807) is 45.0 Å². The second-order valence-electron chi connectivity index (χ2n) is 5.83. The number of carbonyl (C=O) groups is 1. The summed E-state index contributed by atoms with van der Waals surface area (Å²) in [5, 5.41) is 2.72. The van der Waals surface area contributed by atoms with Crippen LogP contribution in [0.25, 0.3) is 0 Å². The average molecular weight is 391 g/mol. The zero-order valence-corrected chi connectivity index (χ0v) is 16.8. The van der Waals surface area contributed by atoms with Gasteiger partial charge in [0.2, 0.25) is 10.0 Å². The molecular formula is C19H25N3O4S. The molecule has 0 saturated carbocycles. The fourth-order valence-electron chi connectivity index (χ4n) is 2.57. The molecule has 0 aliphatic rings. The van der Waals surface area contributed by atoms with Crippen molar-refractivity contribution < 1.29 is 17.9 Å². The number of sulfonamides is 1. The van der Waals surface area contributed by atoms with Crippen molar-refractivity contribution in [2.75, 3.05) is 25.0 Å². The van der Waals surface area contributed by atoms with Crippen molar-refractivity contribution in [3.05, 3.63) is 47.8 Å². The maximum Gasteiger partial charge on any atom is 0.257 e. The van der Waals surface area contributed by atoms with E-state index in [4.69, 9.17) is 4.74 Å². The average Bonchev–Trinajstić information content (AvgIpc) is 2.64. The van der Waals surface area contributed by atoms with Crippen LogP contribution in [0.2, 0.25) is 0 Å². The number of aryl methyl sites for hydroxylation is 1. The normalized spacial score (nSPS) is 11.4. The highest BCUT2D eigenvalue weighted by molar-refractivity contribution is 7.89. The smallest absolute Gasteiger partial charge is 0.257 e. The molecule has 27 heavy (non-hydrogen) atoms. The van der Waals surface area contributed by atoms with Crippen LogP contribution < -0.4 is 10.1 Å². The Morgan fingerprint density at radius 3 is 2.41 bits per heavy atom. The number of amides is 1. The maximum absolute atomic E-state index is 13.0. The number of benzene rings is 1. The van der Waals surface area contributed by atoms with E-state index in [9.17, 15) is 13.2 Å². The molecule has 0 saturated heterocycles. The lowest BCUT2D eigenvalue weighted by Crippen LogP contribution is -2.31. The van der Waals surface area contributed by atoms with Crippen molar-refractivity contribution in [2.24, 2.45) is 0 Å². The van der Waals surface area contributed by atoms with E-state index in [1.807, 2.05) is 6.92 Å². The number of carbonyl (C=O) groups excluding carboxylic acids is 1. The van der Waals surface area contributed by atoms with E-state index in [0.29, 0.717) is 30.9 Å². The zero-order valence-electron chi connectivity index (χ0n) is 16.0. The van der Waals surface area contributed by atoms with Crippen molar-refractivity contribution in [2.45, 2.75) is 32.6 Å². The minimum absolute atomic E-state index is 0.0351. The summed E-state index contributed by atoms with van der Waals surface area (Å²) in [6.45, 7) is 8.19. The third kappa shape index (κ3) is 4.84. The Bertz CT molecular complexity index is 892. The summed E-state index contributed by atoms with van der Waals surface area (Å²) in [6, 6.07) is 8.01. The molecule has 1 N–H and O–H groups in total. The minimum Gasteiger partial charge on any atom is -0.492 e. The van der Waals surface area contributed by atoms with Crippen molar-refractivity contribution in [1.29, 1.82) is 0 Å². The number of nitrogens with one attached hydrogen (secondary N) is 1. The predicted molar refractivity (Wildman–Crippen MR) is 105 cm³/mol. The van der Waals surface area contributed by atoms with Crippen molar-refractivity contribution >= 4 is 21.6 Å². The summed E-state index contributed by atoms with van der Waals surface area (Å²) in [7, 11) is -3.74. The number of nitrogens with zero attached hydrogens (tertiary/aromatic N) is 2. The van der Waals surface area contributed by atoms with E-state index in [0.717, 1.165) is 5.69 Å². The van der Waals surface area contributed by atoms with Crippen LogP contribution in [0.4, 0.5) is 5.69 Å². The van der Waals surface area contributed by atoms with Crippen molar-refractivity contribution in [3.63, 3.8) is 0 Å². The van der Waals surface area contributed by atoms with E-state index in [2.05, 4.69) is 10.3 Å². The van der Waals surface area contributed by atoms with Gasteiger partial charge in [0.1, 0.15) is 10.6 Å². The minimum atomic E-state index is -3.74. The predicted octanol–water partition coefficient (Wildman–Crippen LogP) is 3.07. The van der Waals surface area contributed by atoms with Gasteiger partial charge >= 0.3 is 0 Å². The lowest BCUT2D eigenvalue weighted by Gasteiger charge is -2.21. The van der Waals surface area contributed by atoms with Gasteiger partial charge in [0.25, 0.3) is 5.91 Å². The first-order valence-corrected chi connectivity index (χ1v) is 10.3. The zero-order chi connectivity index (χ0) is 20.0. The molecule has 8 heteroatoms. The lowest BCUT2D eigenvalue weighted by molar-refractivity contribution is 0.102. The van der Waals surface area contributed by atoms with Gasteiger partial charge in [-0.2, -0.15) is 4.31 Å². The van der Waals surface area contributed by atoms with Crippen molar-refractivity contribution in [3.8, 4) is 5.75 Å². The number of hydrogen-bond acceptors (Lipinski definition) is 5. The topological polar surface area (TPSA) is 88.6 Å².